The Balaban J connectivity index is 1.49. The number of benzene rings is 1. The number of nitrogens with two attached hydrogens (primary N) is 1. The quantitative estimate of drug-likeness (QED) is 0.509. The number of aromatic nitrogens is 3. The van der Waals surface area contributed by atoms with Gasteiger partial charge in [0.2, 0.25) is 0 Å². The summed E-state index contributed by atoms with van der Waals surface area (Å²) in [6, 6.07) is 5.90. The molecular weight excluding hydrogens is 407 g/mol. The molecule has 7 nitrogen and oxygen atoms in total. The molecule has 3 aliphatic rings. The van der Waals surface area contributed by atoms with Crippen molar-refractivity contribution in [1.82, 2.24) is 15.0 Å². The molecule has 2 aromatic heterocycles. The average Bonchev–Trinajstić information content (AvgIpc) is 3.44. The molecule has 3 N–H and O–H groups in total. The number of nitrogens with one attached hydrogen (secondary N) is 1. The van der Waals surface area contributed by atoms with Gasteiger partial charge in [-0.15, -0.1) is 0 Å². The van der Waals surface area contributed by atoms with Crippen molar-refractivity contribution in [3.63, 3.8) is 0 Å². The number of anilines is 2. The van der Waals surface area contributed by atoms with Crippen molar-refractivity contribution in [3.8, 4) is 22.9 Å². The fourth-order valence-electron chi connectivity index (χ4n) is 5.51. The van der Waals surface area contributed by atoms with Gasteiger partial charge in [0.1, 0.15) is 17.4 Å². The molecule has 2 aliphatic carbocycles. The molecule has 2 fully saturated rings. The summed E-state index contributed by atoms with van der Waals surface area (Å²) in [5, 5.41) is 3.13. The third-order valence-corrected chi connectivity index (χ3v) is 6.97. The minimum absolute atomic E-state index is 0.237. The van der Waals surface area contributed by atoms with Crippen LogP contribution in [0.25, 0.3) is 11.1 Å². The number of halogens is 1. The van der Waals surface area contributed by atoms with Gasteiger partial charge in [0.05, 0.1) is 11.9 Å². The number of hydrogen-bond acceptors (Lipinski definition) is 7. The van der Waals surface area contributed by atoms with E-state index in [0.29, 0.717) is 24.1 Å². The molecule has 0 spiro atoms. The molecule has 1 saturated carbocycles. The Morgan fingerprint density at radius 2 is 2.06 bits per heavy atom. The van der Waals surface area contributed by atoms with E-state index < -0.39 is 0 Å². The Morgan fingerprint density at radius 1 is 1.19 bits per heavy atom. The van der Waals surface area contributed by atoms with E-state index in [9.17, 15) is 4.39 Å². The lowest BCUT2D eigenvalue weighted by molar-refractivity contribution is 0.434. The number of ether oxygens (including phenoxy) is 1. The summed E-state index contributed by atoms with van der Waals surface area (Å²) in [4.78, 5) is 16.1. The van der Waals surface area contributed by atoms with E-state index in [4.69, 9.17) is 20.4 Å². The summed E-state index contributed by atoms with van der Waals surface area (Å²) >= 11 is 0. The minimum atomic E-state index is -0.275. The Hall–Kier alpha value is -3.26. The SMILES string of the molecule is CNc1cc(F)cc2c1Cc1nc(Oc3cncc(C)c3)nc(N3C[C@@H]4CC3C[C@@H]4N)c1-2. The van der Waals surface area contributed by atoms with Crippen LogP contribution in [-0.4, -0.2) is 40.6 Å². The lowest BCUT2D eigenvalue weighted by Gasteiger charge is -2.32. The molecule has 2 bridgehead atoms. The van der Waals surface area contributed by atoms with Crippen molar-refractivity contribution in [3.05, 3.63) is 53.2 Å². The number of pyridine rings is 1. The first kappa shape index (κ1) is 19.4. The number of aryl methyl sites for hydroxylation is 1. The van der Waals surface area contributed by atoms with Crippen LogP contribution < -0.4 is 20.7 Å². The first-order valence-corrected chi connectivity index (χ1v) is 11.0. The van der Waals surface area contributed by atoms with Crippen LogP contribution in [-0.2, 0) is 6.42 Å². The van der Waals surface area contributed by atoms with Gasteiger partial charge in [0.25, 0.3) is 0 Å². The number of fused-ring (bicyclic) bond motifs is 5. The van der Waals surface area contributed by atoms with Crippen LogP contribution in [0.2, 0.25) is 0 Å². The number of hydrogen-bond donors (Lipinski definition) is 2. The zero-order valence-electron chi connectivity index (χ0n) is 18.1. The summed E-state index contributed by atoms with van der Waals surface area (Å²) in [5.74, 6) is 1.59. The van der Waals surface area contributed by atoms with Gasteiger partial charge in [0.15, 0.2) is 0 Å². The molecule has 1 saturated heterocycles. The zero-order valence-corrected chi connectivity index (χ0v) is 18.1. The highest BCUT2D eigenvalue weighted by Crippen LogP contribution is 2.49. The molecule has 3 heterocycles. The molecule has 1 aliphatic heterocycles. The first-order chi connectivity index (χ1) is 15.5. The number of rotatable bonds is 4. The Kier molecular flexibility index (Phi) is 4.33. The van der Waals surface area contributed by atoms with Crippen LogP contribution in [0.4, 0.5) is 15.9 Å². The standard InChI is InChI=1S/C24H25FN6O/c1-12-3-16(10-28-9-12)32-24-29-21-8-17-18(5-14(25)6-20(17)27-2)22(21)23(30-24)31-11-13-4-15(31)7-19(13)26/h3,5-6,9-10,13,15,19,27H,4,7-8,11,26H2,1-2H3/t13-,15?,19-/m0/s1. The van der Waals surface area contributed by atoms with E-state index in [2.05, 4.69) is 15.2 Å². The van der Waals surface area contributed by atoms with Gasteiger partial charge in [-0.25, -0.2) is 4.39 Å². The highest BCUT2D eigenvalue weighted by atomic mass is 19.1. The molecule has 32 heavy (non-hydrogen) atoms. The fraction of sp³-hybridized carbons (Fsp3) is 0.375. The summed E-state index contributed by atoms with van der Waals surface area (Å²) in [6.45, 7) is 2.81. The second-order valence-corrected chi connectivity index (χ2v) is 9.06. The average molecular weight is 433 g/mol. The van der Waals surface area contributed by atoms with E-state index >= 15 is 0 Å². The van der Waals surface area contributed by atoms with Gasteiger partial charge in [-0.1, -0.05) is 0 Å². The van der Waals surface area contributed by atoms with Crippen LogP contribution in [0.15, 0.2) is 30.6 Å². The van der Waals surface area contributed by atoms with Gasteiger partial charge >= 0.3 is 6.01 Å². The molecular formula is C24H25FN6O. The van der Waals surface area contributed by atoms with Crippen LogP contribution in [0.5, 0.6) is 11.8 Å². The highest BCUT2D eigenvalue weighted by molar-refractivity contribution is 5.88. The molecule has 0 radical (unpaired) electrons. The van der Waals surface area contributed by atoms with Crippen molar-refractivity contribution >= 4 is 11.5 Å². The molecule has 6 rings (SSSR count). The Bertz CT molecular complexity index is 1230. The minimum Gasteiger partial charge on any atom is -0.423 e. The molecule has 164 valence electrons. The maximum absolute atomic E-state index is 14.5. The normalized spacial score (nSPS) is 22.8. The van der Waals surface area contributed by atoms with E-state index in [1.165, 1.54) is 6.07 Å². The molecule has 3 aromatic rings. The van der Waals surface area contributed by atoms with Gasteiger partial charge in [-0.3, -0.25) is 4.98 Å². The smallest absolute Gasteiger partial charge is 0.324 e. The van der Waals surface area contributed by atoms with Gasteiger partial charge < -0.3 is 20.7 Å². The van der Waals surface area contributed by atoms with Crippen LogP contribution in [0.1, 0.15) is 29.7 Å². The second kappa shape index (κ2) is 7.13. The maximum atomic E-state index is 14.5. The molecule has 3 atom stereocenters. The summed E-state index contributed by atoms with van der Waals surface area (Å²) in [6.07, 6.45) is 6.04. The lowest BCUT2D eigenvalue weighted by atomic mass is 10.0. The highest BCUT2D eigenvalue weighted by Gasteiger charge is 2.45. The third-order valence-electron chi connectivity index (χ3n) is 6.97. The molecule has 0 amide bonds. The van der Waals surface area contributed by atoms with E-state index in [0.717, 1.165) is 58.8 Å². The first-order valence-electron chi connectivity index (χ1n) is 11.0. The van der Waals surface area contributed by atoms with E-state index in [1.54, 1.807) is 18.5 Å². The lowest BCUT2D eigenvalue weighted by Crippen LogP contribution is -2.41. The summed E-state index contributed by atoms with van der Waals surface area (Å²) in [5.41, 5.74) is 11.7. The van der Waals surface area contributed by atoms with E-state index in [1.807, 2.05) is 20.0 Å². The third kappa shape index (κ3) is 3.01. The van der Waals surface area contributed by atoms with Crippen molar-refractivity contribution < 1.29 is 9.13 Å². The van der Waals surface area contributed by atoms with Crippen LogP contribution >= 0.6 is 0 Å². The summed E-state index contributed by atoms with van der Waals surface area (Å²) in [7, 11) is 1.81. The summed E-state index contributed by atoms with van der Waals surface area (Å²) < 4.78 is 20.5. The van der Waals surface area contributed by atoms with E-state index in [-0.39, 0.29) is 17.9 Å². The van der Waals surface area contributed by atoms with Crippen molar-refractivity contribution in [2.75, 3.05) is 23.8 Å². The van der Waals surface area contributed by atoms with Crippen LogP contribution in [0.3, 0.4) is 0 Å². The monoisotopic (exact) mass is 432 g/mol. The van der Waals surface area contributed by atoms with Crippen molar-refractivity contribution in [2.45, 2.75) is 38.3 Å². The predicted molar refractivity (Wildman–Crippen MR) is 121 cm³/mol. The molecule has 1 aromatic carbocycles. The Morgan fingerprint density at radius 3 is 2.78 bits per heavy atom. The van der Waals surface area contributed by atoms with Crippen LogP contribution in [0, 0.1) is 18.7 Å². The Labute approximate surface area is 185 Å². The van der Waals surface area contributed by atoms with Crippen molar-refractivity contribution in [2.24, 2.45) is 11.7 Å². The van der Waals surface area contributed by atoms with Crippen molar-refractivity contribution in [1.29, 1.82) is 0 Å². The predicted octanol–water partition coefficient (Wildman–Crippen LogP) is 3.65. The number of piperidine rings is 1. The molecule has 1 unspecified atom stereocenters. The van der Waals surface area contributed by atoms with Gasteiger partial charge in [-0.2, -0.15) is 9.97 Å². The second-order valence-electron chi connectivity index (χ2n) is 9.06. The zero-order chi connectivity index (χ0) is 22.0. The largest absolute Gasteiger partial charge is 0.423 e. The van der Waals surface area contributed by atoms with Gasteiger partial charge in [-0.05, 0) is 60.6 Å². The molecule has 8 heteroatoms. The topological polar surface area (TPSA) is 89.2 Å². The van der Waals surface area contributed by atoms with Gasteiger partial charge in [0, 0.05) is 49.5 Å². The number of nitrogens with zero attached hydrogens (tertiary/aromatic N) is 4. The maximum Gasteiger partial charge on any atom is 0.324 e. The fourth-order valence-corrected chi connectivity index (χ4v) is 5.51.